The number of ether oxygens (including phenoxy) is 1. The molecule has 2 heteroatoms. The van der Waals surface area contributed by atoms with Gasteiger partial charge in [-0.15, -0.1) is 0 Å². The molecule has 0 spiro atoms. The van der Waals surface area contributed by atoms with E-state index >= 15 is 0 Å². The number of rotatable bonds is 3. The van der Waals surface area contributed by atoms with Crippen LogP contribution in [0, 0.1) is 5.92 Å². The third-order valence-electron chi connectivity index (χ3n) is 5.73. The molecule has 0 aliphatic heterocycles. The predicted octanol–water partition coefficient (Wildman–Crippen LogP) is 6.94. The predicted molar refractivity (Wildman–Crippen MR) is 117 cm³/mol. The molecule has 0 amide bonds. The minimum atomic E-state index is 0.578. The van der Waals surface area contributed by atoms with E-state index in [1.807, 2.05) is 24.3 Å². The smallest absolute Gasteiger partial charge is 0.120 e. The first-order valence-corrected chi connectivity index (χ1v) is 10.4. The second kappa shape index (κ2) is 7.01. The Morgan fingerprint density at radius 2 is 1.74 bits per heavy atom. The molecule has 0 saturated carbocycles. The van der Waals surface area contributed by atoms with Crippen LogP contribution in [-0.4, -0.2) is 6.61 Å². The molecule has 0 radical (unpaired) electrons. The highest BCUT2D eigenvalue weighted by Crippen LogP contribution is 2.35. The van der Waals surface area contributed by atoms with Gasteiger partial charge in [0.15, 0.2) is 0 Å². The summed E-state index contributed by atoms with van der Waals surface area (Å²) in [7, 11) is 0. The van der Waals surface area contributed by atoms with Gasteiger partial charge in [-0.25, -0.2) is 0 Å². The van der Waals surface area contributed by atoms with Crippen LogP contribution in [0.15, 0.2) is 77.3 Å². The van der Waals surface area contributed by atoms with Crippen LogP contribution in [0.4, 0.5) is 0 Å². The zero-order valence-electron chi connectivity index (χ0n) is 15.1. The molecular formula is C25H21BrO. The summed E-state index contributed by atoms with van der Waals surface area (Å²) in [6.45, 7) is 0.783. The molecule has 0 unspecified atom stereocenters. The number of halogens is 1. The highest BCUT2D eigenvalue weighted by atomic mass is 79.9. The Morgan fingerprint density at radius 3 is 2.67 bits per heavy atom. The molecule has 27 heavy (non-hydrogen) atoms. The first-order valence-electron chi connectivity index (χ1n) is 9.58. The van der Waals surface area contributed by atoms with Gasteiger partial charge in [0, 0.05) is 4.47 Å². The van der Waals surface area contributed by atoms with Gasteiger partial charge in [-0.2, -0.15) is 0 Å². The fourth-order valence-corrected chi connectivity index (χ4v) is 4.74. The van der Waals surface area contributed by atoms with Crippen LogP contribution in [0.25, 0.3) is 21.5 Å². The number of aryl methyl sites for hydroxylation is 1. The summed E-state index contributed by atoms with van der Waals surface area (Å²) in [5.41, 5.74) is 3.03. The first-order chi connectivity index (χ1) is 13.3. The Labute approximate surface area is 168 Å². The fourth-order valence-electron chi connectivity index (χ4n) is 4.36. The van der Waals surface area contributed by atoms with Crippen molar-refractivity contribution in [3.8, 4) is 5.75 Å². The van der Waals surface area contributed by atoms with E-state index in [0.717, 1.165) is 29.7 Å². The fraction of sp³-hybridized carbons (Fsp3) is 0.200. The molecule has 1 aliphatic carbocycles. The van der Waals surface area contributed by atoms with Crippen LogP contribution < -0.4 is 4.74 Å². The highest BCUT2D eigenvalue weighted by molar-refractivity contribution is 9.10. The average molecular weight is 417 g/mol. The van der Waals surface area contributed by atoms with E-state index in [1.54, 1.807) is 0 Å². The van der Waals surface area contributed by atoms with Crippen molar-refractivity contribution < 1.29 is 4.74 Å². The topological polar surface area (TPSA) is 9.23 Å². The summed E-state index contributed by atoms with van der Waals surface area (Å²) in [4.78, 5) is 0. The van der Waals surface area contributed by atoms with E-state index in [9.17, 15) is 0 Å². The van der Waals surface area contributed by atoms with E-state index in [2.05, 4.69) is 64.5 Å². The minimum Gasteiger partial charge on any atom is -0.493 e. The Kier molecular flexibility index (Phi) is 4.37. The van der Waals surface area contributed by atoms with E-state index in [4.69, 9.17) is 4.74 Å². The monoisotopic (exact) mass is 416 g/mol. The van der Waals surface area contributed by atoms with Crippen molar-refractivity contribution in [2.75, 3.05) is 6.61 Å². The summed E-state index contributed by atoms with van der Waals surface area (Å²) in [6, 6.07) is 26.0. The van der Waals surface area contributed by atoms with Crippen molar-refractivity contribution in [2.45, 2.75) is 19.3 Å². The van der Waals surface area contributed by atoms with E-state index in [0.29, 0.717) is 5.92 Å². The molecule has 5 rings (SSSR count). The Bertz CT molecular complexity index is 1130. The van der Waals surface area contributed by atoms with Gasteiger partial charge >= 0.3 is 0 Å². The maximum absolute atomic E-state index is 6.06. The average Bonchev–Trinajstić information content (AvgIpc) is 2.71. The van der Waals surface area contributed by atoms with Crippen molar-refractivity contribution in [2.24, 2.45) is 5.92 Å². The van der Waals surface area contributed by atoms with Crippen molar-refractivity contribution in [3.63, 3.8) is 0 Å². The Hall–Kier alpha value is -2.32. The summed E-state index contributed by atoms with van der Waals surface area (Å²) in [5.74, 6) is 1.52. The van der Waals surface area contributed by atoms with Crippen molar-refractivity contribution >= 4 is 37.5 Å². The maximum atomic E-state index is 6.06. The highest BCUT2D eigenvalue weighted by Gasteiger charge is 2.21. The first kappa shape index (κ1) is 16.8. The zero-order chi connectivity index (χ0) is 18.2. The second-order valence-electron chi connectivity index (χ2n) is 7.46. The number of fused-ring (bicyclic) bond motifs is 5. The minimum absolute atomic E-state index is 0.578. The standard InChI is InChI=1S/C25H21BrO/c26-20-5-3-6-21(15-20)27-16-17-8-11-23-19(14-17)10-13-24-22-7-2-1-4-18(22)9-12-25(23)24/h1-7,9-10,12-13,15,17H,8,11,14,16H2/t17-/m0/s1. The molecule has 4 aromatic carbocycles. The summed E-state index contributed by atoms with van der Waals surface area (Å²) in [6.07, 6.45) is 3.43. The van der Waals surface area contributed by atoms with Gasteiger partial charge in [-0.3, -0.25) is 0 Å². The van der Waals surface area contributed by atoms with Gasteiger partial charge in [0.05, 0.1) is 6.61 Å². The van der Waals surface area contributed by atoms with Crippen LogP contribution in [0.3, 0.4) is 0 Å². The molecule has 4 aromatic rings. The third kappa shape index (κ3) is 3.23. The van der Waals surface area contributed by atoms with Crippen LogP contribution >= 0.6 is 15.9 Å². The summed E-state index contributed by atoms with van der Waals surface area (Å²) in [5, 5.41) is 5.49. The van der Waals surface area contributed by atoms with Crippen molar-refractivity contribution in [3.05, 3.63) is 88.4 Å². The largest absolute Gasteiger partial charge is 0.493 e. The summed E-state index contributed by atoms with van der Waals surface area (Å²) < 4.78 is 7.12. The van der Waals surface area contributed by atoms with E-state index in [1.165, 1.54) is 39.1 Å². The lowest BCUT2D eigenvalue weighted by Crippen LogP contribution is -2.21. The second-order valence-corrected chi connectivity index (χ2v) is 8.38. The molecule has 1 atom stereocenters. The van der Waals surface area contributed by atoms with Gasteiger partial charge in [0.1, 0.15) is 5.75 Å². The van der Waals surface area contributed by atoms with Gasteiger partial charge < -0.3 is 4.74 Å². The number of hydrogen-bond donors (Lipinski definition) is 0. The molecule has 0 N–H and O–H groups in total. The molecule has 0 saturated heterocycles. The van der Waals surface area contributed by atoms with Gasteiger partial charge in [0.2, 0.25) is 0 Å². The molecule has 1 aliphatic rings. The number of hydrogen-bond acceptors (Lipinski definition) is 1. The molecular weight excluding hydrogens is 396 g/mol. The lowest BCUT2D eigenvalue weighted by molar-refractivity contribution is 0.234. The molecule has 0 heterocycles. The van der Waals surface area contributed by atoms with Crippen LogP contribution in [-0.2, 0) is 12.8 Å². The lowest BCUT2D eigenvalue weighted by Gasteiger charge is -2.26. The molecule has 0 fully saturated rings. The van der Waals surface area contributed by atoms with Crippen LogP contribution in [0.2, 0.25) is 0 Å². The zero-order valence-corrected chi connectivity index (χ0v) is 16.7. The van der Waals surface area contributed by atoms with Crippen LogP contribution in [0.5, 0.6) is 5.75 Å². The van der Waals surface area contributed by atoms with Gasteiger partial charge in [-0.05, 0) is 76.1 Å². The third-order valence-corrected chi connectivity index (χ3v) is 6.22. The molecule has 0 bridgehead atoms. The van der Waals surface area contributed by atoms with E-state index in [-0.39, 0.29) is 0 Å². The lowest BCUT2D eigenvalue weighted by atomic mass is 9.81. The molecule has 1 nitrogen and oxygen atoms in total. The SMILES string of the molecule is Brc1cccc(OC[C@H]2CCc3c(ccc4c3ccc3ccccc34)C2)c1. The summed E-state index contributed by atoms with van der Waals surface area (Å²) >= 11 is 3.51. The normalized spacial score (nSPS) is 16.4. The maximum Gasteiger partial charge on any atom is 0.120 e. The quantitative estimate of drug-likeness (QED) is 0.328. The number of benzene rings is 4. The van der Waals surface area contributed by atoms with Crippen molar-refractivity contribution in [1.29, 1.82) is 0 Å². The van der Waals surface area contributed by atoms with Crippen molar-refractivity contribution in [1.82, 2.24) is 0 Å². The van der Waals surface area contributed by atoms with E-state index < -0.39 is 0 Å². The molecule has 134 valence electrons. The van der Waals surface area contributed by atoms with Gasteiger partial charge in [-0.1, -0.05) is 70.5 Å². The Balaban J connectivity index is 1.41. The Morgan fingerprint density at radius 1 is 0.852 bits per heavy atom. The van der Waals surface area contributed by atoms with Crippen LogP contribution in [0.1, 0.15) is 17.5 Å². The van der Waals surface area contributed by atoms with Gasteiger partial charge in [0.25, 0.3) is 0 Å². The molecule has 0 aromatic heterocycles.